The minimum atomic E-state index is 0.0383. The van der Waals surface area contributed by atoms with Gasteiger partial charge in [0.2, 0.25) is 5.91 Å². The van der Waals surface area contributed by atoms with Crippen LogP contribution in [0.25, 0.3) is 0 Å². The lowest BCUT2D eigenvalue weighted by Crippen LogP contribution is -2.44. The van der Waals surface area contributed by atoms with Crippen molar-refractivity contribution < 1.29 is 9.53 Å². The molecule has 0 aromatic heterocycles. The topological polar surface area (TPSA) is 41.6 Å². The van der Waals surface area contributed by atoms with Gasteiger partial charge in [-0.3, -0.25) is 4.79 Å². The van der Waals surface area contributed by atoms with Gasteiger partial charge in [0.25, 0.3) is 0 Å². The van der Waals surface area contributed by atoms with E-state index in [0.29, 0.717) is 6.10 Å². The summed E-state index contributed by atoms with van der Waals surface area (Å²) in [6.45, 7) is 5.64. The number of amides is 1. The number of likely N-dealkylation sites (tertiary alicyclic amines) is 1. The van der Waals surface area contributed by atoms with Gasteiger partial charge >= 0.3 is 0 Å². The van der Waals surface area contributed by atoms with Crippen LogP contribution in [0.15, 0.2) is 0 Å². The zero-order valence-corrected chi connectivity index (χ0v) is 12.2. The Morgan fingerprint density at radius 1 is 1.21 bits per heavy atom. The predicted octanol–water partition coefficient (Wildman–Crippen LogP) is 1.94. The van der Waals surface area contributed by atoms with Gasteiger partial charge in [0.1, 0.15) is 6.61 Å². The molecule has 1 N–H and O–H groups in total. The molecule has 1 amide bonds. The summed E-state index contributed by atoms with van der Waals surface area (Å²) in [5.41, 5.74) is 0. The molecule has 19 heavy (non-hydrogen) atoms. The van der Waals surface area contributed by atoms with Crippen LogP contribution in [0.2, 0.25) is 0 Å². The number of nitrogens with zero attached hydrogens (tertiary/aromatic N) is 1. The molecule has 0 radical (unpaired) electrons. The minimum absolute atomic E-state index is 0.0383. The van der Waals surface area contributed by atoms with Crippen LogP contribution >= 0.6 is 0 Å². The summed E-state index contributed by atoms with van der Waals surface area (Å²) in [6, 6.07) is 0.220. The van der Waals surface area contributed by atoms with Gasteiger partial charge < -0.3 is 15.0 Å². The molecule has 4 heteroatoms. The maximum Gasteiger partial charge on any atom is 0.246 e. The zero-order chi connectivity index (χ0) is 13.5. The van der Waals surface area contributed by atoms with Crippen molar-refractivity contribution >= 4 is 5.91 Å². The Kier molecular flexibility index (Phi) is 6.11. The highest BCUT2D eigenvalue weighted by Gasteiger charge is 2.18. The lowest BCUT2D eigenvalue weighted by atomic mass is 10.1. The number of ether oxygens (including phenoxy) is 1. The normalized spacial score (nSPS) is 23.4. The van der Waals surface area contributed by atoms with E-state index in [9.17, 15) is 4.79 Å². The molecule has 1 heterocycles. The average molecular weight is 268 g/mol. The van der Waals surface area contributed by atoms with Crippen molar-refractivity contribution in [3.63, 3.8) is 0 Å². The van der Waals surface area contributed by atoms with E-state index in [-0.39, 0.29) is 18.6 Å². The van der Waals surface area contributed by atoms with Crippen LogP contribution in [0.1, 0.15) is 51.9 Å². The number of carbonyl (C=O) groups excluding carboxylic acids is 1. The van der Waals surface area contributed by atoms with Crippen LogP contribution in [0.4, 0.5) is 0 Å². The summed E-state index contributed by atoms with van der Waals surface area (Å²) in [7, 11) is 0. The Labute approximate surface area is 116 Å². The van der Waals surface area contributed by atoms with E-state index in [2.05, 4.69) is 17.1 Å². The third-order valence-electron chi connectivity index (χ3n) is 4.14. The second-order valence-electron chi connectivity index (χ2n) is 6.05. The Bertz CT molecular complexity index is 271. The van der Waals surface area contributed by atoms with Crippen LogP contribution in [0.5, 0.6) is 0 Å². The summed E-state index contributed by atoms with van der Waals surface area (Å²) in [5.74, 6) is 0.0383. The molecule has 2 aliphatic rings. The number of nitrogens with one attached hydrogen (secondary N) is 1. The van der Waals surface area contributed by atoms with Crippen molar-refractivity contribution in [1.29, 1.82) is 0 Å². The van der Waals surface area contributed by atoms with Crippen LogP contribution in [0.3, 0.4) is 0 Å². The average Bonchev–Trinajstić information content (AvgIpc) is 2.90. The molecule has 1 aliphatic heterocycles. The highest BCUT2D eigenvalue weighted by Crippen LogP contribution is 2.20. The molecular weight excluding hydrogens is 240 g/mol. The minimum Gasteiger partial charge on any atom is -0.368 e. The fraction of sp³-hybridized carbons (Fsp3) is 0.933. The van der Waals surface area contributed by atoms with Crippen molar-refractivity contribution in [1.82, 2.24) is 10.2 Å². The molecule has 0 aromatic rings. The molecule has 1 aliphatic carbocycles. The fourth-order valence-corrected chi connectivity index (χ4v) is 3.14. The van der Waals surface area contributed by atoms with E-state index >= 15 is 0 Å². The lowest BCUT2D eigenvalue weighted by Gasteiger charge is -2.29. The summed E-state index contributed by atoms with van der Waals surface area (Å²) in [4.78, 5) is 14.2. The zero-order valence-electron chi connectivity index (χ0n) is 12.2. The maximum absolute atomic E-state index is 11.8. The standard InChI is InChI=1S/C15H28N2O2/c1-13(11-17-9-5-2-6-10-17)16-15(18)12-19-14-7-3-4-8-14/h13-14H,2-12H2,1H3,(H,16,18). The van der Waals surface area contributed by atoms with Gasteiger partial charge in [-0.1, -0.05) is 19.3 Å². The first-order valence-corrected chi connectivity index (χ1v) is 7.87. The maximum atomic E-state index is 11.8. The summed E-state index contributed by atoms with van der Waals surface area (Å²) < 4.78 is 5.63. The van der Waals surface area contributed by atoms with E-state index in [0.717, 1.165) is 19.4 Å². The van der Waals surface area contributed by atoms with Gasteiger partial charge in [-0.25, -0.2) is 0 Å². The molecule has 0 spiro atoms. The van der Waals surface area contributed by atoms with Crippen molar-refractivity contribution in [3.8, 4) is 0 Å². The monoisotopic (exact) mass is 268 g/mol. The van der Waals surface area contributed by atoms with Crippen molar-refractivity contribution in [2.75, 3.05) is 26.2 Å². The smallest absolute Gasteiger partial charge is 0.246 e. The van der Waals surface area contributed by atoms with Crippen molar-refractivity contribution in [2.45, 2.75) is 64.0 Å². The third kappa shape index (κ3) is 5.49. The van der Waals surface area contributed by atoms with Crippen molar-refractivity contribution in [3.05, 3.63) is 0 Å². The fourth-order valence-electron chi connectivity index (χ4n) is 3.14. The largest absolute Gasteiger partial charge is 0.368 e. The van der Waals surface area contributed by atoms with Crippen LogP contribution in [-0.4, -0.2) is 49.2 Å². The molecule has 1 saturated heterocycles. The first kappa shape index (κ1) is 14.8. The van der Waals surface area contributed by atoms with Crippen LogP contribution in [0, 0.1) is 0 Å². The van der Waals surface area contributed by atoms with Gasteiger partial charge in [-0.2, -0.15) is 0 Å². The van der Waals surface area contributed by atoms with Gasteiger partial charge in [-0.15, -0.1) is 0 Å². The summed E-state index contributed by atoms with van der Waals surface area (Å²) >= 11 is 0. The molecular formula is C15H28N2O2. The summed E-state index contributed by atoms with van der Waals surface area (Å²) in [6.07, 6.45) is 9.01. The third-order valence-corrected chi connectivity index (χ3v) is 4.14. The van der Waals surface area contributed by atoms with Gasteiger partial charge in [0, 0.05) is 12.6 Å². The quantitative estimate of drug-likeness (QED) is 0.800. The predicted molar refractivity (Wildman–Crippen MR) is 76.1 cm³/mol. The first-order chi connectivity index (χ1) is 9.24. The molecule has 0 bridgehead atoms. The number of piperidine rings is 1. The Morgan fingerprint density at radius 3 is 2.58 bits per heavy atom. The van der Waals surface area contributed by atoms with E-state index in [1.807, 2.05) is 0 Å². The van der Waals surface area contributed by atoms with Crippen molar-refractivity contribution in [2.24, 2.45) is 0 Å². The Hall–Kier alpha value is -0.610. The Balaban J connectivity index is 1.57. The molecule has 1 unspecified atom stereocenters. The highest BCUT2D eigenvalue weighted by molar-refractivity contribution is 5.77. The Morgan fingerprint density at radius 2 is 1.89 bits per heavy atom. The van der Waals surface area contributed by atoms with E-state index < -0.39 is 0 Å². The lowest BCUT2D eigenvalue weighted by molar-refractivity contribution is -0.128. The van der Waals surface area contributed by atoms with E-state index in [1.165, 1.54) is 45.2 Å². The van der Waals surface area contributed by atoms with E-state index in [1.54, 1.807) is 0 Å². The van der Waals surface area contributed by atoms with E-state index in [4.69, 9.17) is 4.74 Å². The molecule has 2 fully saturated rings. The van der Waals surface area contributed by atoms with Gasteiger partial charge in [0.15, 0.2) is 0 Å². The molecule has 2 rings (SSSR count). The summed E-state index contributed by atoms with van der Waals surface area (Å²) in [5, 5.41) is 3.05. The molecule has 1 atom stereocenters. The molecule has 0 aromatic carbocycles. The number of rotatable bonds is 6. The number of hydrogen-bond acceptors (Lipinski definition) is 3. The number of hydrogen-bond donors (Lipinski definition) is 1. The van der Waals surface area contributed by atoms with Gasteiger partial charge in [0.05, 0.1) is 6.10 Å². The second-order valence-corrected chi connectivity index (χ2v) is 6.05. The van der Waals surface area contributed by atoms with Gasteiger partial charge in [-0.05, 0) is 45.7 Å². The SMILES string of the molecule is CC(CN1CCCCC1)NC(=O)COC1CCCC1. The molecule has 4 nitrogen and oxygen atoms in total. The van der Waals surface area contributed by atoms with Crippen LogP contribution < -0.4 is 5.32 Å². The first-order valence-electron chi connectivity index (χ1n) is 7.87. The highest BCUT2D eigenvalue weighted by atomic mass is 16.5. The van der Waals surface area contributed by atoms with Crippen LogP contribution in [-0.2, 0) is 9.53 Å². The number of carbonyl (C=O) groups is 1. The molecule has 110 valence electrons. The molecule has 1 saturated carbocycles. The second kappa shape index (κ2) is 7.85.